The minimum atomic E-state index is -4.81. The predicted octanol–water partition coefficient (Wildman–Crippen LogP) is 7.32. The third kappa shape index (κ3) is 5.69. The number of carbonyl (C=O) groups excluding carboxylic acids is 1. The highest BCUT2D eigenvalue weighted by atomic mass is 79.9. The summed E-state index contributed by atoms with van der Waals surface area (Å²) in [7, 11) is 0. The third-order valence-electron chi connectivity index (χ3n) is 5.62. The number of fused-ring (bicyclic) bond motifs is 1. The van der Waals surface area contributed by atoms with Crippen LogP contribution < -0.4 is 0 Å². The highest BCUT2D eigenvalue weighted by molar-refractivity contribution is 9.10. The average molecular weight is 554 g/mol. The zero-order chi connectivity index (χ0) is 25.5. The molecule has 2 aromatic carbocycles. The summed E-state index contributed by atoms with van der Waals surface area (Å²) < 4.78 is 60.1. The molecule has 0 aliphatic carbocycles. The lowest BCUT2D eigenvalue weighted by atomic mass is 9.92. The number of alkyl halides is 3. The predicted molar refractivity (Wildman–Crippen MR) is 128 cm³/mol. The molecule has 0 atom stereocenters. The quantitative estimate of drug-likeness (QED) is 0.338. The lowest BCUT2D eigenvalue weighted by molar-refractivity contribution is -0.139. The van der Waals surface area contributed by atoms with Crippen LogP contribution >= 0.6 is 15.9 Å². The molecule has 1 saturated heterocycles. The van der Waals surface area contributed by atoms with Gasteiger partial charge in [0.25, 0.3) is 0 Å². The van der Waals surface area contributed by atoms with E-state index in [1.807, 2.05) is 24.3 Å². The largest absolute Gasteiger partial charge is 0.444 e. The number of likely N-dealkylation sites (tertiary alicyclic amines) is 1. The summed E-state index contributed by atoms with van der Waals surface area (Å²) in [6, 6.07) is 9.01. The molecule has 1 amide bonds. The number of hydrogen-bond donors (Lipinski definition) is 1. The second-order valence-corrected chi connectivity index (χ2v) is 10.3. The van der Waals surface area contributed by atoms with E-state index >= 15 is 0 Å². The smallest absolute Gasteiger partial charge is 0.419 e. The Balaban J connectivity index is 1.74. The first-order valence-corrected chi connectivity index (χ1v) is 11.8. The molecule has 0 spiro atoms. The Kier molecular flexibility index (Phi) is 6.70. The number of piperidine rings is 1. The number of benzene rings is 2. The Labute approximate surface area is 208 Å². The number of ether oxygens (including phenoxy) is 1. The lowest BCUT2D eigenvalue weighted by Gasteiger charge is -2.31. The summed E-state index contributed by atoms with van der Waals surface area (Å²) in [5.74, 6) is -1.02. The van der Waals surface area contributed by atoms with E-state index < -0.39 is 23.2 Å². The molecular formula is C25H24BrF4N3O2. The van der Waals surface area contributed by atoms with Gasteiger partial charge in [-0.3, -0.25) is 0 Å². The Morgan fingerprint density at radius 3 is 2.29 bits per heavy atom. The van der Waals surface area contributed by atoms with Gasteiger partial charge in [0.05, 0.1) is 16.6 Å². The molecule has 1 aliphatic rings. The van der Waals surface area contributed by atoms with E-state index in [4.69, 9.17) is 4.74 Å². The molecule has 3 aromatic rings. The fourth-order valence-electron chi connectivity index (χ4n) is 4.03. The first-order valence-electron chi connectivity index (χ1n) is 11.0. The van der Waals surface area contributed by atoms with Crippen molar-refractivity contribution >= 4 is 38.6 Å². The van der Waals surface area contributed by atoms with Crippen molar-refractivity contribution in [2.45, 2.75) is 45.4 Å². The van der Waals surface area contributed by atoms with Crippen molar-refractivity contribution in [2.75, 3.05) is 13.1 Å². The van der Waals surface area contributed by atoms with E-state index in [-0.39, 0.29) is 17.1 Å². The summed E-state index contributed by atoms with van der Waals surface area (Å²) in [5.41, 5.74) is 0.777. The van der Waals surface area contributed by atoms with Gasteiger partial charge < -0.3 is 14.6 Å². The Morgan fingerprint density at radius 1 is 1.09 bits per heavy atom. The van der Waals surface area contributed by atoms with Crippen LogP contribution in [0, 0.1) is 5.82 Å². The topological polar surface area (TPSA) is 58.2 Å². The average Bonchev–Trinajstić information content (AvgIpc) is 3.15. The van der Waals surface area contributed by atoms with Crippen LogP contribution in [0.15, 0.2) is 46.4 Å². The van der Waals surface area contributed by atoms with Crippen molar-refractivity contribution in [1.29, 1.82) is 0 Å². The van der Waals surface area contributed by atoms with Gasteiger partial charge in [0.2, 0.25) is 0 Å². The van der Waals surface area contributed by atoms with Gasteiger partial charge in [-0.2, -0.15) is 13.2 Å². The second-order valence-electron chi connectivity index (χ2n) is 9.39. The van der Waals surface area contributed by atoms with Crippen LogP contribution in [-0.4, -0.2) is 39.7 Å². The number of H-pyrrole nitrogens is 1. The molecule has 186 valence electrons. The summed E-state index contributed by atoms with van der Waals surface area (Å²) in [6.07, 6.45) is -4.14. The van der Waals surface area contributed by atoms with Crippen molar-refractivity contribution in [3.63, 3.8) is 0 Å². The van der Waals surface area contributed by atoms with E-state index in [2.05, 4.69) is 25.9 Å². The summed E-state index contributed by atoms with van der Waals surface area (Å²) in [6.45, 7) is 6.27. The summed E-state index contributed by atoms with van der Waals surface area (Å²) >= 11 is 3.41. The Hall–Kier alpha value is -2.88. The maximum Gasteiger partial charge on any atom is 0.419 e. The molecule has 1 fully saturated rings. The van der Waals surface area contributed by atoms with Crippen LogP contribution in [0.1, 0.15) is 50.6 Å². The zero-order valence-electron chi connectivity index (χ0n) is 19.4. The number of imidazole rings is 1. The number of hydrogen-bond acceptors (Lipinski definition) is 3. The van der Waals surface area contributed by atoms with Gasteiger partial charge in [-0.05, 0) is 57.4 Å². The number of rotatable bonds is 2. The number of amides is 1. The molecule has 1 aliphatic heterocycles. The Morgan fingerprint density at radius 2 is 1.71 bits per heavy atom. The second kappa shape index (κ2) is 9.29. The van der Waals surface area contributed by atoms with Gasteiger partial charge in [-0.1, -0.05) is 33.6 Å². The SMILES string of the molecule is CC(C)(C)OC(=O)N1CCC(=C(c2ccc(Br)cc2)c2nc3cc(F)c(C(F)(F)F)cc3[nH]2)CC1. The van der Waals surface area contributed by atoms with Crippen LogP contribution in [0.25, 0.3) is 16.6 Å². The monoisotopic (exact) mass is 553 g/mol. The van der Waals surface area contributed by atoms with Crippen LogP contribution in [0.3, 0.4) is 0 Å². The first-order chi connectivity index (χ1) is 16.3. The summed E-state index contributed by atoms with van der Waals surface area (Å²) in [4.78, 5) is 21.5. The van der Waals surface area contributed by atoms with Crippen LogP contribution in [-0.2, 0) is 10.9 Å². The standard InChI is InChI=1S/C25H24BrF4N3O2/c1-24(2,3)35-23(34)33-10-8-15(9-11-33)21(14-4-6-16(26)7-5-14)22-31-19-12-17(25(28,29)30)18(27)13-20(19)32-22/h4-7,12-13H,8-11H2,1-3H3,(H,31,32). The first kappa shape index (κ1) is 25.2. The fraction of sp³-hybridized carbons (Fsp3) is 0.360. The maximum atomic E-state index is 14.1. The molecule has 35 heavy (non-hydrogen) atoms. The van der Waals surface area contributed by atoms with Crippen molar-refractivity contribution in [3.05, 3.63) is 69.2 Å². The third-order valence-corrected chi connectivity index (χ3v) is 6.15. The molecule has 1 N–H and O–H groups in total. The van der Waals surface area contributed by atoms with Gasteiger partial charge in [0.15, 0.2) is 0 Å². The van der Waals surface area contributed by atoms with Gasteiger partial charge in [0, 0.05) is 29.2 Å². The zero-order valence-corrected chi connectivity index (χ0v) is 21.0. The van der Waals surface area contributed by atoms with Crippen LogP contribution in [0.4, 0.5) is 22.4 Å². The molecular weight excluding hydrogens is 530 g/mol. The molecule has 5 nitrogen and oxygen atoms in total. The molecule has 10 heteroatoms. The molecule has 0 saturated carbocycles. The van der Waals surface area contributed by atoms with Gasteiger partial charge >= 0.3 is 12.3 Å². The van der Waals surface area contributed by atoms with Gasteiger partial charge in [-0.15, -0.1) is 0 Å². The van der Waals surface area contributed by atoms with Crippen molar-refractivity contribution in [3.8, 4) is 0 Å². The number of nitrogens with zero attached hydrogens (tertiary/aromatic N) is 2. The molecule has 0 unspecified atom stereocenters. The molecule has 0 radical (unpaired) electrons. The Bertz CT molecular complexity index is 1280. The highest BCUT2D eigenvalue weighted by Crippen LogP contribution is 2.36. The van der Waals surface area contributed by atoms with E-state index in [1.165, 1.54) is 0 Å². The number of aromatic nitrogens is 2. The van der Waals surface area contributed by atoms with Crippen molar-refractivity contribution in [2.24, 2.45) is 0 Å². The lowest BCUT2D eigenvalue weighted by Crippen LogP contribution is -2.40. The van der Waals surface area contributed by atoms with Gasteiger partial charge in [-0.25, -0.2) is 14.2 Å². The molecule has 0 bridgehead atoms. The normalized spacial score (nSPS) is 15.0. The minimum Gasteiger partial charge on any atom is -0.444 e. The van der Waals surface area contributed by atoms with E-state index in [0.29, 0.717) is 31.8 Å². The van der Waals surface area contributed by atoms with E-state index in [1.54, 1.807) is 25.7 Å². The highest BCUT2D eigenvalue weighted by Gasteiger charge is 2.35. The number of carbonyl (C=O) groups is 1. The molecule has 2 heterocycles. The molecule has 1 aromatic heterocycles. The van der Waals surface area contributed by atoms with Crippen molar-refractivity contribution < 1.29 is 27.1 Å². The fourth-order valence-corrected chi connectivity index (χ4v) is 4.29. The van der Waals surface area contributed by atoms with Crippen LogP contribution in [0.2, 0.25) is 0 Å². The molecule has 4 rings (SSSR count). The van der Waals surface area contributed by atoms with Crippen LogP contribution in [0.5, 0.6) is 0 Å². The van der Waals surface area contributed by atoms with E-state index in [9.17, 15) is 22.4 Å². The number of halogens is 5. The van der Waals surface area contributed by atoms with Crippen molar-refractivity contribution in [1.82, 2.24) is 14.9 Å². The van der Waals surface area contributed by atoms with Gasteiger partial charge in [0.1, 0.15) is 17.2 Å². The van der Waals surface area contributed by atoms with E-state index in [0.717, 1.165) is 33.3 Å². The summed E-state index contributed by atoms with van der Waals surface area (Å²) in [5, 5.41) is 0. The number of aromatic amines is 1. The number of nitrogens with one attached hydrogen (secondary N) is 1. The minimum absolute atomic E-state index is 0.0927. The maximum absolute atomic E-state index is 14.1.